The third-order valence-corrected chi connectivity index (χ3v) is 6.61. The number of carbonyl (C=O) groups excluding carboxylic acids is 1. The summed E-state index contributed by atoms with van der Waals surface area (Å²) in [6.07, 6.45) is 2.02. The molecule has 5 rings (SSSR count). The lowest BCUT2D eigenvalue weighted by Gasteiger charge is -2.29. The van der Waals surface area contributed by atoms with E-state index in [1.807, 2.05) is 24.3 Å². The van der Waals surface area contributed by atoms with Gasteiger partial charge in [-0.05, 0) is 48.1 Å². The van der Waals surface area contributed by atoms with Crippen LogP contribution >= 0.6 is 0 Å². The number of hydrogen-bond donors (Lipinski definition) is 2. The number of fused-ring (bicyclic) bond motifs is 1. The number of anilines is 2. The van der Waals surface area contributed by atoms with Crippen LogP contribution in [-0.4, -0.2) is 10.7 Å². The van der Waals surface area contributed by atoms with Gasteiger partial charge in [-0.1, -0.05) is 55.5 Å². The number of hydrogen-bond acceptors (Lipinski definition) is 5. The SMILES string of the molecule is CCc1ccc(C2CC(=O)C3=C(C2)Nc2ccccc2NC3c2ccccc2[N+](=O)[O-])cc1. The maximum atomic E-state index is 13.6. The molecule has 2 unspecified atom stereocenters. The van der Waals surface area contributed by atoms with Crippen molar-refractivity contribution in [1.82, 2.24) is 0 Å². The summed E-state index contributed by atoms with van der Waals surface area (Å²) in [5.74, 6) is 0.0723. The van der Waals surface area contributed by atoms with Crippen LogP contribution in [0.2, 0.25) is 0 Å². The quantitative estimate of drug-likeness (QED) is 0.377. The molecule has 0 amide bonds. The van der Waals surface area contributed by atoms with Crippen molar-refractivity contribution >= 4 is 22.8 Å². The van der Waals surface area contributed by atoms with Crippen molar-refractivity contribution in [1.29, 1.82) is 0 Å². The van der Waals surface area contributed by atoms with Crippen LogP contribution in [0.15, 0.2) is 84.1 Å². The minimum Gasteiger partial charge on any atom is -0.372 e. The van der Waals surface area contributed by atoms with Gasteiger partial charge < -0.3 is 10.6 Å². The summed E-state index contributed by atoms with van der Waals surface area (Å²) in [7, 11) is 0. The Morgan fingerprint density at radius 3 is 2.36 bits per heavy atom. The predicted molar refractivity (Wildman–Crippen MR) is 129 cm³/mol. The van der Waals surface area contributed by atoms with E-state index in [1.165, 1.54) is 11.6 Å². The number of nitro groups is 1. The number of benzene rings is 3. The number of nitrogens with zero attached hydrogens (tertiary/aromatic N) is 1. The second-order valence-electron chi connectivity index (χ2n) is 8.58. The maximum absolute atomic E-state index is 13.6. The third kappa shape index (κ3) is 3.89. The van der Waals surface area contributed by atoms with Crippen LogP contribution in [0.5, 0.6) is 0 Å². The fourth-order valence-electron chi connectivity index (χ4n) is 4.88. The Balaban J connectivity index is 1.62. The Morgan fingerprint density at radius 1 is 0.939 bits per heavy atom. The monoisotopic (exact) mass is 439 g/mol. The van der Waals surface area contributed by atoms with Crippen molar-refractivity contribution in [3.63, 3.8) is 0 Å². The number of Topliss-reactive ketones (excluding diaryl/α,β-unsaturated/α-hetero) is 1. The molecule has 2 N–H and O–H groups in total. The number of allylic oxidation sites excluding steroid dienone is 1. The van der Waals surface area contributed by atoms with Crippen molar-refractivity contribution in [2.75, 3.05) is 10.6 Å². The molecule has 1 heterocycles. The van der Waals surface area contributed by atoms with Crippen molar-refractivity contribution in [3.8, 4) is 0 Å². The van der Waals surface area contributed by atoms with Gasteiger partial charge in [-0.15, -0.1) is 0 Å². The molecule has 6 heteroatoms. The molecule has 0 saturated heterocycles. The number of carbonyl (C=O) groups is 1. The first-order chi connectivity index (χ1) is 16.0. The molecule has 0 fully saturated rings. The van der Waals surface area contributed by atoms with Gasteiger partial charge in [0.25, 0.3) is 5.69 Å². The van der Waals surface area contributed by atoms with E-state index in [1.54, 1.807) is 18.2 Å². The second kappa shape index (κ2) is 8.54. The molecule has 0 bridgehead atoms. The standard InChI is InChI=1S/C27H25N3O3/c1-2-17-11-13-18(14-12-17)19-15-23-26(25(31)16-19)27(20-7-3-6-10-24(20)30(32)33)29-22-9-5-4-8-21(22)28-23/h3-14,19,27-29H,2,15-16H2,1H3. The molecule has 3 aromatic rings. The van der Waals surface area contributed by atoms with Crippen molar-refractivity contribution in [2.24, 2.45) is 0 Å². The Morgan fingerprint density at radius 2 is 1.64 bits per heavy atom. The zero-order valence-electron chi connectivity index (χ0n) is 18.4. The predicted octanol–water partition coefficient (Wildman–Crippen LogP) is 6.14. The van der Waals surface area contributed by atoms with Crippen LogP contribution in [0.3, 0.4) is 0 Å². The summed E-state index contributed by atoms with van der Waals surface area (Å²) in [5.41, 5.74) is 5.99. The zero-order valence-corrected chi connectivity index (χ0v) is 18.4. The summed E-state index contributed by atoms with van der Waals surface area (Å²) >= 11 is 0. The highest BCUT2D eigenvalue weighted by molar-refractivity contribution is 6.01. The normalized spacial score (nSPS) is 19.6. The minimum absolute atomic E-state index is 0.00584. The van der Waals surface area contributed by atoms with Crippen LogP contribution < -0.4 is 10.6 Å². The number of nitrogens with one attached hydrogen (secondary N) is 2. The van der Waals surface area contributed by atoms with E-state index < -0.39 is 6.04 Å². The number of rotatable bonds is 4. The summed E-state index contributed by atoms with van der Waals surface area (Å²) < 4.78 is 0. The lowest BCUT2D eigenvalue weighted by atomic mass is 9.78. The maximum Gasteiger partial charge on any atom is 0.275 e. The van der Waals surface area contributed by atoms with Gasteiger partial charge >= 0.3 is 0 Å². The lowest BCUT2D eigenvalue weighted by Crippen LogP contribution is -2.27. The molecule has 1 aliphatic carbocycles. The van der Waals surface area contributed by atoms with Crippen molar-refractivity contribution < 1.29 is 9.72 Å². The lowest BCUT2D eigenvalue weighted by molar-refractivity contribution is -0.385. The summed E-state index contributed by atoms with van der Waals surface area (Å²) in [6, 6.07) is 22.3. The highest BCUT2D eigenvalue weighted by Gasteiger charge is 2.38. The molecule has 0 spiro atoms. The third-order valence-electron chi connectivity index (χ3n) is 6.61. The van der Waals surface area contributed by atoms with Crippen molar-refractivity contribution in [2.45, 2.75) is 38.1 Å². The van der Waals surface area contributed by atoms with Gasteiger partial charge in [0.15, 0.2) is 5.78 Å². The number of nitro benzene ring substituents is 1. The average molecular weight is 440 g/mol. The van der Waals surface area contributed by atoms with Gasteiger partial charge in [-0.25, -0.2) is 0 Å². The highest BCUT2D eigenvalue weighted by Crippen LogP contribution is 2.45. The van der Waals surface area contributed by atoms with Gasteiger partial charge in [0, 0.05) is 23.8 Å². The molecule has 0 radical (unpaired) electrons. The van der Waals surface area contributed by atoms with E-state index in [0.717, 1.165) is 29.1 Å². The molecule has 6 nitrogen and oxygen atoms in total. The van der Waals surface area contributed by atoms with Crippen LogP contribution in [0.1, 0.15) is 48.4 Å². The van der Waals surface area contributed by atoms with E-state index in [-0.39, 0.29) is 22.3 Å². The van der Waals surface area contributed by atoms with Gasteiger partial charge in [0.05, 0.1) is 27.9 Å². The van der Waals surface area contributed by atoms with E-state index in [0.29, 0.717) is 24.0 Å². The van der Waals surface area contributed by atoms with Gasteiger partial charge in [-0.2, -0.15) is 0 Å². The molecule has 1 aliphatic heterocycles. The highest BCUT2D eigenvalue weighted by atomic mass is 16.6. The van der Waals surface area contributed by atoms with Gasteiger partial charge in [0.1, 0.15) is 0 Å². The van der Waals surface area contributed by atoms with E-state index in [2.05, 4.69) is 41.8 Å². The van der Waals surface area contributed by atoms with Crippen molar-refractivity contribution in [3.05, 3.63) is 111 Å². The first kappa shape index (κ1) is 20.9. The number of para-hydroxylation sites is 3. The van der Waals surface area contributed by atoms with Crippen LogP contribution in [-0.2, 0) is 11.2 Å². The summed E-state index contributed by atoms with van der Waals surface area (Å²) in [6.45, 7) is 2.12. The molecular formula is C27H25N3O3. The topological polar surface area (TPSA) is 84.3 Å². The second-order valence-corrected chi connectivity index (χ2v) is 8.58. The fraction of sp³-hybridized carbons (Fsp3) is 0.222. The van der Waals surface area contributed by atoms with Crippen LogP contribution in [0.4, 0.5) is 17.1 Å². The Hall–Kier alpha value is -3.93. The largest absolute Gasteiger partial charge is 0.372 e. The van der Waals surface area contributed by atoms with E-state index in [9.17, 15) is 14.9 Å². The van der Waals surface area contributed by atoms with E-state index in [4.69, 9.17) is 0 Å². The molecule has 2 atom stereocenters. The minimum atomic E-state index is -0.603. The molecule has 166 valence electrons. The zero-order chi connectivity index (χ0) is 22.9. The Labute approximate surface area is 192 Å². The fourth-order valence-corrected chi connectivity index (χ4v) is 4.88. The first-order valence-electron chi connectivity index (χ1n) is 11.3. The van der Waals surface area contributed by atoms with Gasteiger partial charge in [0.2, 0.25) is 0 Å². The molecule has 33 heavy (non-hydrogen) atoms. The van der Waals surface area contributed by atoms with Gasteiger partial charge in [-0.3, -0.25) is 14.9 Å². The van der Waals surface area contributed by atoms with E-state index >= 15 is 0 Å². The Kier molecular flexibility index (Phi) is 5.42. The summed E-state index contributed by atoms with van der Waals surface area (Å²) in [4.78, 5) is 25.0. The number of aryl methyl sites for hydroxylation is 1. The molecule has 0 saturated carbocycles. The average Bonchev–Trinajstić information content (AvgIpc) is 3.01. The number of ketones is 1. The van der Waals surface area contributed by atoms with Crippen LogP contribution in [0.25, 0.3) is 0 Å². The summed E-state index contributed by atoms with van der Waals surface area (Å²) in [5, 5.41) is 18.7. The molecular weight excluding hydrogens is 414 g/mol. The molecule has 3 aromatic carbocycles. The Bertz CT molecular complexity index is 1260. The molecule has 0 aromatic heterocycles. The van der Waals surface area contributed by atoms with Crippen LogP contribution in [0, 0.1) is 10.1 Å². The first-order valence-corrected chi connectivity index (χ1v) is 11.3. The molecule has 2 aliphatic rings. The smallest absolute Gasteiger partial charge is 0.275 e.